The standard InChI is InChI=1S/C8H12N2OS/c1-6-5-12-8(10-6)7-4-9-2-3-11-7/h5,7,9H,2-4H2,1H3/t7-/m0/s1. The fourth-order valence-corrected chi connectivity index (χ4v) is 2.09. The number of hydrogen-bond acceptors (Lipinski definition) is 4. The second kappa shape index (κ2) is 3.51. The largest absolute Gasteiger partial charge is 0.368 e. The molecular formula is C8H12N2OS. The van der Waals surface area contributed by atoms with E-state index in [0.717, 1.165) is 30.4 Å². The van der Waals surface area contributed by atoms with Gasteiger partial charge in [-0.2, -0.15) is 0 Å². The van der Waals surface area contributed by atoms with Crippen molar-refractivity contribution in [2.75, 3.05) is 19.7 Å². The van der Waals surface area contributed by atoms with Gasteiger partial charge >= 0.3 is 0 Å². The summed E-state index contributed by atoms with van der Waals surface area (Å²) >= 11 is 1.68. The molecular weight excluding hydrogens is 172 g/mol. The molecule has 2 heterocycles. The molecule has 1 aromatic rings. The molecule has 3 nitrogen and oxygen atoms in total. The van der Waals surface area contributed by atoms with E-state index in [1.54, 1.807) is 11.3 Å². The number of aryl methyl sites for hydroxylation is 1. The quantitative estimate of drug-likeness (QED) is 0.710. The van der Waals surface area contributed by atoms with Crippen molar-refractivity contribution in [2.45, 2.75) is 13.0 Å². The predicted molar refractivity (Wildman–Crippen MR) is 48.4 cm³/mol. The van der Waals surface area contributed by atoms with Gasteiger partial charge in [-0.3, -0.25) is 0 Å². The number of nitrogens with one attached hydrogen (secondary N) is 1. The molecule has 0 amide bonds. The molecule has 0 unspecified atom stereocenters. The summed E-state index contributed by atoms with van der Waals surface area (Å²) in [5, 5.41) is 6.44. The van der Waals surface area contributed by atoms with Gasteiger partial charge in [-0.1, -0.05) is 0 Å². The first kappa shape index (κ1) is 8.16. The third kappa shape index (κ3) is 1.65. The lowest BCUT2D eigenvalue weighted by Gasteiger charge is -2.21. The third-order valence-corrected chi connectivity index (χ3v) is 2.89. The van der Waals surface area contributed by atoms with Crippen molar-refractivity contribution in [1.29, 1.82) is 0 Å². The van der Waals surface area contributed by atoms with E-state index in [4.69, 9.17) is 4.74 Å². The lowest BCUT2D eigenvalue weighted by molar-refractivity contribution is 0.0275. The topological polar surface area (TPSA) is 34.1 Å². The summed E-state index contributed by atoms with van der Waals surface area (Å²) in [5.74, 6) is 0. The van der Waals surface area contributed by atoms with Gasteiger partial charge in [0, 0.05) is 24.2 Å². The third-order valence-electron chi connectivity index (χ3n) is 1.84. The smallest absolute Gasteiger partial charge is 0.123 e. The number of rotatable bonds is 1. The van der Waals surface area contributed by atoms with Gasteiger partial charge in [-0.15, -0.1) is 11.3 Å². The Morgan fingerprint density at radius 3 is 3.25 bits per heavy atom. The second-order valence-electron chi connectivity index (χ2n) is 2.89. The summed E-state index contributed by atoms with van der Waals surface area (Å²) in [4.78, 5) is 4.39. The van der Waals surface area contributed by atoms with Gasteiger partial charge in [-0.05, 0) is 6.92 Å². The van der Waals surface area contributed by atoms with Crippen LogP contribution in [-0.4, -0.2) is 24.7 Å². The minimum Gasteiger partial charge on any atom is -0.368 e. The highest BCUT2D eigenvalue weighted by Gasteiger charge is 2.17. The van der Waals surface area contributed by atoms with Gasteiger partial charge in [0.15, 0.2) is 0 Å². The summed E-state index contributed by atoms with van der Waals surface area (Å²) in [6.45, 7) is 4.66. The van der Waals surface area contributed by atoms with Crippen molar-refractivity contribution in [3.8, 4) is 0 Å². The highest BCUT2D eigenvalue weighted by Crippen LogP contribution is 2.21. The van der Waals surface area contributed by atoms with Crippen LogP contribution >= 0.6 is 11.3 Å². The first-order chi connectivity index (χ1) is 5.86. The maximum atomic E-state index is 5.56. The van der Waals surface area contributed by atoms with Crippen LogP contribution < -0.4 is 5.32 Å². The van der Waals surface area contributed by atoms with Crippen molar-refractivity contribution in [3.05, 3.63) is 16.1 Å². The summed E-state index contributed by atoms with van der Waals surface area (Å²) in [5.41, 5.74) is 1.09. The van der Waals surface area contributed by atoms with Crippen LogP contribution in [0.1, 0.15) is 16.8 Å². The van der Waals surface area contributed by atoms with Crippen LogP contribution in [0.4, 0.5) is 0 Å². The monoisotopic (exact) mass is 184 g/mol. The van der Waals surface area contributed by atoms with Crippen LogP contribution in [-0.2, 0) is 4.74 Å². The van der Waals surface area contributed by atoms with E-state index in [-0.39, 0.29) is 6.10 Å². The maximum Gasteiger partial charge on any atom is 0.123 e. The molecule has 0 aromatic carbocycles. The minimum atomic E-state index is 0.178. The highest BCUT2D eigenvalue weighted by molar-refractivity contribution is 7.09. The van der Waals surface area contributed by atoms with Crippen LogP contribution in [0.25, 0.3) is 0 Å². The highest BCUT2D eigenvalue weighted by atomic mass is 32.1. The van der Waals surface area contributed by atoms with Crippen molar-refractivity contribution in [1.82, 2.24) is 10.3 Å². The molecule has 0 aliphatic carbocycles. The molecule has 0 spiro atoms. The number of hydrogen-bond donors (Lipinski definition) is 1. The van der Waals surface area contributed by atoms with Crippen molar-refractivity contribution < 1.29 is 4.74 Å². The van der Waals surface area contributed by atoms with E-state index in [1.807, 2.05) is 6.92 Å². The van der Waals surface area contributed by atoms with Gasteiger partial charge < -0.3 is 10.1 Å². The summed E-state index contributed by atoms with van der Waals surface area (Å²) < 4.78 is 5.56. The lowest BCUT2D eigenvalue weighted by Crippen LogP contribution is -2.33. The summed E-state index contributed by atoms with van der Waals surface area (Å²) in [6.07, 6.45) is 0.178. The molecule has 1 fully saturated rings. The Morgan fingerprint density at radius 2 is 2.67 bits per heavy atom. The Morgan fingerprint density at radius 1 is 1.75 bits per heavy atom. The molecule has 1 aliphatic rings. The van der Waals surface area contributed by atoms with E-state index in [9.17, 15) is 0 Å². The van der Waals surface area contributed by atoms with E-state index in [2.05, 4.69) is 15.7 Å². The summed E-state index contributed by atoms with van der Waals surface area (Å²) in [7, 11) is 0. The SMILES string of the molecule is Cc1csc([C@@H]2CNCCO2)n1. The number of morpholine rings is 1. The first-order valence-electron chi connectivity index (χ1n) is 4.10. The summed E-state index contributed by atoms with van der Waals surface area (Å²) in [6, 6.07) is 0. The van der Waals surface area contributed by atoms with Crippen LogP contribution in [0.5, 0.6) is 0 Å². The Labute approximate surface area is 75.8 Å². The molecule has 66 valence electrons. The first-order valence-corrected chi connectivity index (χ1v) is 4.98. The second-order valence-corrected chi connectivity index (χ2v) is 3.78. The molecule has 12 heavy (non-hydrogen) atoms. The van der Waals surface area contributed by atoms with Gasteiger partial charge in [0.05, 0.1) is 6.61 Å². The van der Waals surface area contributed by atoms with E-state index >= 15 is 0 Å². The Kier molecular flexibility index (Phi) is 2.39. The molecule has 1 atom stereocenters. The fourth-order valence-electron chi connectivity index (χ4n) is 1.24. The van der Waals surface area contributed by atoms with Crippen LogP contribution in [0.2, 0.25) is 0 Å². The molecule has 0 saturated carbocycles. The number of thiazole rings is 1. The number of aromatic nitrogens is 1. The molecule has 0 radical (unpaired) electrons. The molecule has 1 aromatic heterocycles. The molecule has 1 aliphatic heterocycles. The molecule has 1 N–H and O–H groups in total. The molecule has 2 rings (SSSR count). The molecule has 1 saturated heterocycles. The zero-order valence-electron chi connectivity index (χ0n) is 7.04. The van der Waals surface area contributed by atoms with E-state index in [1.165, 1.54) is 0 Å². The zero-order valence-corrected chi connectivity index (χ0v) is 7.86. The van der Waals surface area contributed by atoms with E-state index in [0.29, 0.717) is 0 Å². The Balaban J connectivity index is 2.08. The van der Waals surface area contributed by atoms with Gasteiger partial charge in [0.25, 0.3) is 0 Å². The Bertz CT molecular complexity index is 255. The molecule has 4 heteroatoms. The molecule has 0 bridgehead atoms. The predicted octanol–water partition coefficient (Wildman–Crippen LogP) is 1.11. The number of nitrogens with zero attached hydrogens (tertiary/aromatic N) is 1. The minimum absolute atomic E-state index is 0.178. The van der Waals surface area contributed by atoms with Crippen LogP contribution in [0, 0.1) is 6.92 Å². The maximum absolute atomic E-state index is 5.56. The lowest BCUT2D eigenvalue weighted by atomic mass is 10.3. The Hall–Kier alpha value is -0.450. The van der Waals surface area contributed by atoms with Crippen molar-refractivity contribution in [2.24, 2.45) is 0 Å². The van der Waals surface area contributed by atoms with E-state index < -0.39 is 0 Å². The number of ether oxygens (including phenoxy) is 1. The van der Waals surface area contributed by atoms with Crippen molar-refractivity contribution >= 4 is 11.3 Å². The van der Waals surface area contributed by atoms with Crippen LogP contribution in [0.3, 0.4) is 0 Å². The fraction of sp³-hybridized carbons (Fsp3) is 0.625. The van der Waals surface area contributed by atoms with Gasteiger partial charge in [-0.25, -0.2) is 4.98 Å². The van der Waals surface area contributed by atoms with Gasteiger partial charge in [0.2, 0.25) is 0 Å². The van der Waals surface area contributed by atoms with Crippen molar-refractivity contribution in [3.63, 3.8) is 0 Å². The zero-order chi connectivity index (χ0) is 8.39. The average Bonchev–Trinajstić information content (AvgIpc) is 2.54. The normalized spacial score (nSPS) is 24.2. The van der Waals surface area contributed by atoms with Gasteiger partial charge in [0.1, 0.15) is 11.1 Å². The van der Waals surface area contributed by atoms with Crippen LogP contribution in [0.15, 0.2) is 5.38 Å². The average molecular weight is 184 g/mol.